The van der Waals surface area contributed by atoms with Gasteiger partial charge in [0.05, 0.1) is 11.2 Å². The molecule has 2 rings (SSSR count). The average Bonchev–Trinajstić information content (AvgIpc) is 2.79. The maximum absolute atomic E-state index is 4.38. The average molecular weight is 274 g/mol. The maximum Gasteiger partial charge on any atom is 0.0798 e. The highest BCUT2D eigenvalue weighted by Gasteiger charge is 2.16. The Kier molecular flexibility index (Phi) is 4.72. The van der Waals surface area contributed by atoms with Crippen molar-refractivity contribution in [2.24, 2.45) is 0 Å². The van der Waals surface area contributed by atoms with Crippen molar-refractivity contribution < 1.29 is 0 Å². The number of rotatable bonds is 5. The fourth-order valence-corrected chi connectivity index (χ4v) is 3.27. The van der Waals surface area contributed by atoms with E-state index in [1.54, 1.807) is 11.3 Å². The van der Waals surface area contributed by atoms with Gasteiger partial charge in [0, 0.05) is 10.9 Å². The van der Waals surface area contributed by atoms with Crippen LogP contribution in [-0.4, -0.2) is 11.5 Å². The summed E-state index contributed by atoms with van der Waals surface area (Å²) in [7, 11) is 0. The van der Waals surface area contributed by atoms with Crippen LogP contribution in [0.25, 0.3) is 0 Å². The van der Waals surface area contributed by atoms with Gasteiger partial charge in [-0.1, -0.05) is 30.7 Å². The Morgan fingerprint density at radius 3 is 2.68 bits per heavy atom. The number of hydrogen-bond donors (Lipinski definition) is 1. The van der Waals surface area contributed by atoms with Crippen LogP contribution in [0.5, 0.6) is 0 Å². The highest BCUT2D eigenvalue weighted by atomic mass is 32.1. The molecule has 1 atom stereocenters. The van der Waals surface area contributed by atoms with Gasteiger partial charge in [0.15, 0.2) is 0 Å². The lowest BCUT2D eigenvalue weighted by molar-refractivity contribution is 0.553. The van der Waals surface area contributed by atoms with Crippen molar-refractivity contribution in [3.05, 3.63) is 51.0 Å². The summed E-state index contributed by atoms with van der Waals surface area (Å²) in [5, 5.41) is 3.59. The lowest BCUT2D eigenvalue weighted by atomic mass is 9.98. The van der Waals surface area contributed by atoms with Crippen LogP contribution in [0.15, 0.2) is 23.7 Å². The third-order valence-corrected chi connectivity index (χ3v) is 4.52. The number of hydrogen-bond acceptors (Lipinski definition) is 3. The van der Waals surface area contributed by atoms with E-state index in [0.29, 0.717) is 6.04 Å². The minimum Gasteiger partial charge on any atom is -0.309 e. The third kappa shape index (κ3) is 3.43. The predicted octanol–water partition coefficient (Wildman–Crippen LogP) is 3.96. The number of likely N-dealkylation sites (N-methyl/N-ethyl adjacent to an activating group) is 1. The van der Waals surface area contributed by atoms with Crippen molar-refractivity contribution >= 4 is 11.3 Å². The second kappa shape index (κ2) is 6.31. The van der Waals surface area contributed by atoms with E-state index in [4.69, 9.17) is 0 Å². The molecule has 1 unspecified atom stereocenters. The van der Waals surface area contributed by atoms with Gasteiger partial charge in [-0.3, -0.25) is 0 Å². The number of nitrogens with one attached hydrogen (secondary N) is 1. The smallest absolute Gasteiger partial charge is 0.0798 e. The Bertz CT molecular complexity index is 545. The monoisotopic (exact) mass is 274 g/mol. The lowest BCUT2D eigenvalue weighted by Crippen LogP contribution is -2.23. The molecule has 1 heterocycles. The molecule has 0 spiro atoms. The zero-order valence-corrected chi connectivity index (χ0v) is 13.0. The maximum atomic E-state index is 4.38. The van der Waals surface area contributed by atoms with Crippen molar-refractivity contribution in [3.8, 4) is 0 Å². The first kappa shape index (κ1) is 14.2. The molecule has 2 aromatic rings. The molecule has 1 aromatic heterocycles. The van der Waals surface area contributed by atoms with E-state index < -0.39 is 0 Å². The molecule has 19 heavy (non-hydrogen) atoms. The number of aromatic nitrogens is 1. The summed E-state index contributed by atoms with van der Waals surface area (Å²) in [6.07, 6.45) is 1.03. The quantitative estimate of drug-likeness (QED) is 0.892. The van der Waals surface area contributed by atoms with Crippen LogP contribution in [0.2, 0.25) is 0 Å². The number of nitrogens with zero attached hydrogens (tertiary/aromatic N) is 1. The second-order valence-electron chi connectivity index (χ2n) is 5.05. The molecule has 0 bridgehead atoms. The van der Waals surface area contributed by atoms with E-state index in [-0.39, 0.29) is 0 Å². The van der Waals surface area contributed by atoms with E-state index in [1.807, 2.05) is 5.51 Å². The summed E-state index contributed by atoms with van der Waals surface area (Å²) in [5.74, 6) is 0. The molecule has 3 heteroatoms. The van der Waals surface area contributed by atoms with Crippen LogP contribution in [0.1, 0.15) is 40.2 Å². The van der Waals surface area contributed by atoms with Crippen molar-refractivity contribution in [1.29, 1.82) is 0 Å². The molecule has 0 fully saturated rings. The van der Waals surface area contributed by atoms with E-state index in [9.17, 15) is 0 Å². The van der Waals surface area contributed by atoms with Crippen LogP contribution in [0.3, 0.4) is 0 Å². The van der Waals surface area contributed by atoms with Gasteiger partial charge in [0.2, 0.25) is 0 Å². The van der Waals surface area contributed by atoms with Gasteiger partial charge in [0.1, 0.15) is 0 Å². The summed E-state index contributed by atoms with van der Waals surface area (Å²) in [6, 6.07) is 7.07. The van der Waals surface area contributed by atoms with E-state index >= 15 is 0 Å². The molecule has 0 amide bonds. The van der Waals surface area contributed by atoms with E-state index in [2.05, 4.69) is 56.2 Å². The van der Waals surface area contributed by atoms with Crippen LogP contribution >= 0.6 is 11.3 Å². The Morgan fingerprint density at radius 2 is 2.05 bits per heavy atom. The highest BCUT2D eigenvalue weighted by Crippen LogP contribution is 2.26. The SMILES string of the molecule is CCNC(Cc1cc(C)ccc1C)c1scnc1C. The molecule has 1 N–H and O–H groups in total. The molecule has 0 aliphatic rings. The molecule has 2 nitrogen and oxygen atoms in total. The van der Waals surface area contributed by atoms with Crippen molar-refractivity contribution in [3.63, 3.8) is 0 Å². The first-order valence-electron chi connectivity index (χ1n) is 6.81. The largest absolute Gasteiger partial charge is 0.309 e. The van der Waals surface area contributed by atoms with E-state index in [0.717, 1.165) is 18.7 Å². The highest BCUT2D eigenvalue weighted by molar-refractivity contribution is 7.09. The minimum atomic E-state index is 0.373. The molecule has 0 saturated heterocycles. The first-order valence-corrected chi connectivity index (χ1v) is 7.69. The summed E-state index contributed by atoms with van der Waals surface area (Å²) in [6.45, 7) is 9.58. The molecule has 102 valence electrons. The summed E-state index contributed by atoms with van der Waals surface area (Å²) < 4.78 is 0. The standard InChI is InChI=1S/C16H22N2S/c1-5-17-15(16-13(4)18-10-19-16)9-14-8-11(2)6-7-12(14)3/h6-8,10,15,17H,5,9H2,1-4H3. The Hall–Kier alpha value is -1.19. The molecule has 0 aliphatic heterocycles. The number of aryl methyl sites for hydroxylation is 3. The zero-order valence-electron chi connectivity index (χ0n) is 12.2. The molecule has 0 aliphatic carbocycles. The Labute approximate surface area is 119 Å². The van der Waals surface area contributed by atoms with Gasteiger partial charge in [-0.05, 0) is 44.9 Å². The van der Waals surface area contributed by atoms with Gasteiger partial charge in [-0.2, -0.15) is 0 Å². The summed E-state index contributed by atoms with van der Waals surface area (Å²) in [4.78, 5) is 5.74. The minimum absolute atomic E-state index is 0.373. The zero-order chi connectivity index (χ0) is 13.8. The molecular formula is C16H22N2S. The summed E-state index contributed by atoms with van der Waals surface area (Å²) in [5.41, 5.74) is 7.23. The van der Waals surface area contributed by atoms with Gasteiger partial charge in [-0.25, -0.2) is 4.98 Å². The normalized spacial score (nSPS) is 12.6. The van der Waals surface area contributed by atoms with Gasteiger partial charge in [0.25, 0.3) is 0 Å². The van der Waals surface area contributed by atoms with Gasteiger partial charge < -0.3 is 5.32 Å². The van der Waals surface area contributed by atoms with Gasteiger partial charge >= 0.3 is 0 Å². The predicted molar refractivity (Wildman–Crippen MR) is 82.9 cm³/mol. The number of benzene rings is 1. The molecule has 0 saturated carbocycles. The van der Waals surface area contributed by atoms with Crippen molar-refractivity contribution in [2.45, 2.75) is 40.2 Å². The molecule has 0 radical (unpaired) electrons. The van der Waals surface area contributed by atoms with Crippen LogP contribution < -0.4 is 5.32 Å². The molecule has 1 aromatic carbocycles. The van der Waals surface area contributed by atoms with Crippen molar-refractivity contribution in [1.82, 2.24) is 10.3 Å². The summed E-state index contributed by atoms with van der Waals surface area (Å²) >= 11 is 1.75. The van der Waals surface area contributed by atoms with Crippen LogP contribution in [-0.2, 0) is 6.42 Å². The fourth-order valence-electron chi connectivity index (χ4n) is 2.39. The number of thiazole rings is 1. The molecular weight excluding hydrogens is 252 g/mol. The Balaban J connectivity index is 2.26. The van der Waals surface area contributed by atoms with E-state index in [1.165, 1.54) is 21.6 Å². The second-order valence-corrected chi connectivity index (χ2v) is 5.93. The van der Waals surface area contributed by atoms with Gasteiger partial charge in [-0.15, -0.1) is 11.3 Å². The first-order chi connectivity index (χ1) is 9.11. The van der Waals surface area contributed by atoms with Crippen LogP contribution in [0, 0.1) is 20.8 Å². The third-order valence-electron chi connectivity index (χ3n) is 3.48. The lowest BCUT2D eigenvalue weighted by Gasteiger charge is -2.19. The fraction of sp³-hybridized carbons (Fsp3) is 0.438. The van der Waals surface area contributed by atoms with Crippen molar-refractivity contribution in [2.75, 3.05) is 6.54 Å². The topological polar surface area (TPSA) is 24.9 Å². The van der Waals surface area contributed by atoms with Crippen LogP contribution in [0.4, 0.5) is 0 Å². The Morgan fingerprint density at radius 1 is 1.26 bits per heavy atom.